The van der Waals surface area contributed by atoms with Crippen molar-refractivity contribution in [2.75, 3.05) is 0 Å². The molecule has 0 fully saturated rings. The van der Waals surface area contributed by atoms with E-state index in [1.54, 1.807) is 19.2 Å². The maximum Gasteiger partial charge on any atom is 0.101 e. The first-order chi connectivity index (χ1) is 4.75. The molecule has 2 nitrogen and oxygen atoms in total. The van der Waals surface area contributed by atoms with Crippen molar-refractivity contribution in [2.24, 2.45) is 0 Å². The van der Waals surface area contributed by atoms with Gasteiger partial charge in [-0.3, -0.25) is 4.98 Å². The fraction of sp³-hybridized carbons (Fsp3) is 0.143. The van der Waals surface area contributed by atoms with Gasteiger partial charge < -0.3 is 0 Å². The van der Waals surface area contributed by atoms with Gasteiger partial charge in [0, 0.05) is 6.20 Å². The molecule has 1 rings (SSSR count). The van der Waals surface area contributed by atoms with Crippen LogP contribution in [0.1, 0.15) is 11.3 Å². The summed E-state index contributed by atoms with van der Waals surface area (Å²) in [6.07, 6.45) is 1.57. The molecule has 1 aromatic heterocycles. The number of nitriles is 1. The summed E-state index contributed by atoms with van der Waals surface area (Å²) in [6.45, 7) is 1.77. The number of hydrogen-bond acceptors (Lipinski definition) is 2. The maximum absolute atomic E-state index is 8.48. The van der Waals surface area contributed by atoms with Crippen molar-refractivity contribution in [3.05, 3.63) is 28.5 Å². The van der Waals surface area contributed by atoms with Crippen LogP contribution in [0, 0.1) is 18.3 Å². The van der Waals surface area contributed by atoms with E-state index >= 15 is 0 Å². The Hall–Kier alpha value is -1.07. The lowest BCUT2D eigenvalue weighted by atomic mass is 10.2. The number of aromatic nitrogens is 1. The number of pyridine rings is 1. The average molecular weight is 153 g/mol. The molecular weight excluding hydrogens is 148 g/mol. The molecule has 0 aromatic carbocycles. The van der Waals surface area contributed by atoms with Crippen LogP contribution in [-0.2, 0) is 0 Å². The Labute approximate surface area is 64.1 Å². The highest BCUT2D eigenvalue weighted by molar-refractivity contribution is 6.32. The van der Waals surface area contributed by atoms with Crippen LogP contribution in [-0.4, -0.2) is 4.98 Å². The molecule has 1 aromatic rings. The van der Waals surface area contributed by atoms with Gasteiger partial charge in [-0.2, -0.15) is 5.26 Å². The lowest BCUT2D eigenvalue weighted by molar-refractivity contribution is 1.19. The molecule has 10 heavy (non-hydrogen) atoms. The zero-order chi connectivity index (χ0) is 7.56. The third-order valence-electron chi connectivity index (χ3n) is 1.18. The van der Waals surface area contributed by atoms with E-state index in [0.717, 1.165) is 0 Å². The smallest absolute Gasteiger partial charge is 0.101 e. The number of nitrogens with zero attached hydrogens (tertiary/aromatic N) is 2. The van der Waals surface area contributed by atoms with Crippen LogP contribution in [0.15, 0.2) is 12.3 Å². The minimum atomic E-state index is 0.449. The molecule has 0 unspecified atom stereocenters. The van der Waals surface area contributed by atoms with Gasteiger partial charge in [-0.25, -0.2) is 0 Å². The zero-order valence-electron chi connectivity index (χ0n) is 5.43. The summed E-state index contributed by atoms with van der Waals surface area (Å²) in [5, 5.41) is 8.93. The first-order valence-corrected chi connectivity index (χ1v) is 3.14. The number of rotatable bonds is 0. The van der Waals surface area contributed by atoms with Crippen LogP contribution >= 0.6 is 11.6 Å². The highest BCUT2D eigenvalue weighted by atomic mass is 35.5. The molecule has 0 radical (unpaired) electrons. The Morgan fingerprint density at radius 3 is 2.90 bits per heavy atom. The van der Waals surface area contributed by atoms with Crippen molar-refractivity contribution < 1.29 is 0 Å². The van der Waals surface area contributed by atoms with Gasteiger partial charge >= 0.3 is 0 Å². The molecule has 0 saturated carbocycles. The molecule has 3 heteroatoms. The Morgan fingerprint density at radius 2 is 2.40 bits per heavy atom. The van der Waals surface area contributed by atoms with Crippen molar-refractivity contribution in [3.63, 3.8) is 0 Å². The zero-order valence-corrected chi connectivity index (χ0v) is 6.18. The molecule has 0 amide bonds. The summed E-state index contributed by atoms with van der Waals surface area (Å²) in [6, 6.07) is 3.56. The normalized spacial score (nSPS) is 8.90. The van der Waals surface area contributed by atoms with E-state index in [9.17, 15) is 0 Å². The van der Waals surface area contributed by atoms with E-state index in [0.29, 0.717) is 16.3 Å². The quantitative estimate of drug-likeness (QED) is 0.570. The summed E-state index contributed by atoms with van der Waals surface area (Å²) in [5.74, 6) is 0. The predicted molar refractivity (Wildman–Crippen MR) is 38.7 cm³/mol. The van der Waals surface area contributed by atoms with Gasteiger partial charge in [-0.1, -0.05) is 11.6 Å². The first-order valence-electron chi connectivity index (χ1n) is 2.77. The fourth-order valence-corrected chi connectivity index (χ4v) is 0.789. The standard InChI is InChI=1S/C7H5ClN2/c1-5-7(8)6(4-9)2-3-10-5/h2-3H,1H3. The van der Waals surface area contributed by atoms with Gasteiger partial charge in [0.05, 0.1) is 16.3 Å². The third-order valence-corrected chi connectivity index (χ3v) is 1.66. The highest BCUT2D eigenvalue weighted by Crippen LogP contribution is 2.16. The Bertz CT molecular complexity index is 288. The van der Waals surface area contributed by atoms with Crippen LogP contribution in [0.2, 0.25) is 5.02 Å². The van der Waals surface area contributed by atoms with Crippen LogP contribution in [0.4, 0.5) is 0 Å². The number of aryl methyl sites for hydroxylation is 1. The summed E-state index contributed by atoms with van der Waals surface area (Å²) in [4.78, 5) is 3.90. The molecule has 0 aliphatic rings. The number of hydrogen-bond donors (Lipinski definition) is 0. The van der Waals surface area contributed by atoms with E-state index < -0.39 is 0 Å². The van der Waals surface area contributed by atoms with Gasteiger partial charge in [-0.05, 0) is 13.0 Å². The summed E-state index contributed by atoms with van der Waals surface area (Å²) < 4.78 is 0. The van der Waals surface area contributed by atoms with Crippen molar-refractivity contribution in [1.29, 1.82) is 5.26 Å². The maximum atomic E-state index is 8.48. The van der Waals surface area contributed by atoms with Gasteiger partial charge in [0.25, 0.3) is 0 Å². The topological polar surface area (TPSA) is 36.7 Å². The molecular formula is C7H5ClN2. The van der Waals surface area contributed by atoms with E-state index in [-0.39, 0.29) is 0 Å². The Morgan fingerprint density at radius 1 is 1.70 bits per heavy atom. The van der Waals surface area contributed by atoms with Crippen LogP contribution in [0.5, 0.6) is 0 Å². The lowest BCUT2D eigenvalue weighted by Crippen LogP contribution is -1.84. The minimum Gasteiger partial charge on any atom is -0.260 e. The van der Waals surface area contributed by atoms with Gasteiger partial charge in [0.2, 0.25) is 0 Å². The molecule has 0 spiro atoms. The second kappa shape index (κ2) is 2.68. The molecule has 0 atom stereocenters. The summed E-state index contributed by atoms with van der Waals surface area (Å²) >= 11 is 5.71. The molecule has 0 aliphatic carbocycles. The Kier molecular flexibility index (Phi) is 1.88. The van der Waals surface area contributed by atoms with Crippen LogP contribution in [0.25, 0.3) is 0 Å². The fourth-order valence-electron chi connectivity index (χ4n) is 0.635. The van der Waals surface area contributed by atoms with Gasteiger partial charge in [0.15, 0.2) is 0 Å². The third kappa shape index (κ3) is 1.09. The van der Waals surface area contributed by atoms with Crippen molar-refractivity contribution in [2.45, 2.75) is 6.92 Å². The van der Waals surface area contributed by atoms with Crippen molar-refractivity contribution in [3.8, 4) is 6.07 Å². The largest absolute Gasteiger partial charge is 0.260 e. The van der Waals surface area contributed by atoms with E-state index in [4.69, 9.17) is 16.9 Å². The minimum absolute atomic E-state index is 0.449. The molecule has 0 N–H and O–H groups in total. The average Bonchev–Trinajstić information content (AvgIpc) is 1.95. The van der Waals surface area contributed by atoms with E-state index in [1.165, 1.54) is 0 Å². The van der Waals surface area contributed by atoms with Crippen LogP contribution < -0.4 is 0 Å². The first kappa shape index (κ1) is 7.04. The molecule has 0 bridgehead atoms. The van der Waals surface area contributed by atoms with E-state index in [1.807, 2.05) is 6.07 Å². The Balaban J connectivity index is 3.31. The summed E-state index contributed by atoms with van der Waals surface area (Å²) in [7, 11) is 0. The van der Waals surface area contributed by atoms with Gasteiger partial charge in [-0.15, -0.1) is 0 Å². The van der Waals surface area contributed by atoms with Crippen molar-refractivity contribution >= 4 is 11.6 Å². The molecule has 0 saturated heterocycles. The predicted octanol–water partition coefficient (Wildman–Crippen LogP) is 1.92. The second-order valence-corrected chi connectivity index (χ2v) is 2.25. The molecule has 0 aliphatic heterocycles. The molecule has 50 valence electrons. The lowest BCUT2D eigenvalue weighted by Gasteiger charge is -1.95. The van der Waals surface area contributed by atoms with Gasteiger partial charge in [0.1, 0.15) is 6.07 Å². The highest BCUT2D eigenvalue weighted by Gasteiger charge is 2.00. The summed E-state index contributed by atoms with van der Waals surface area (Å²) in [5.41, 5.74) is 1.18. The number of halogens is 1. The van der Waals surface area contributed by atoms with Crippen molar-refractivity contribution in [1.82, 2.24) is 4.98 Å². The van der Waals surface area contributed by atoms with E-state index in [2.05, 4.69) is 4.98 Å². The van der Waals surface area contributed by atoms with Crippen LogP contribution in [0.3, 0.4) is 0 Å². The second-order valence-electron chi connectivity index (χ2n) is 1.87. The monoisotopic (exact) mass is 152 g/mol. The SMILES string of the molecule is Cc1nccc(C#N)c1Cl. The molecule has 1 heterocycles.